The fourth-order valence-electron chi connectivity index (χ4n) is 1.41. The zero-order valence-corrected chi connectivity index (χ0v) is 10.2. The van der Waals surface area contributed by atoms with Gasteiger partial charge in [-0.3, -0.25) is 0 Å². The fraction of sp³-hybridized carbons (Fsp3) is 0.500. The van der Waals surface area contributed by atoms with E-state index in [0.29, 0.717) is 11.5 Å². The molecule has 0 radical (unpaired) electrons. The van der Waals surface area contributed by atoms with E-state index < -0.39 is 9.84 Å². The average molecular weight is 226 g/mol. The smallest absolute Gasteiger partial charge is 0.150 e. The molecule has 1 aliphatic heterocycles. The third-order valence-corrected chi connectivity index (χ3v) is 4.41. The molecule has 0 unspecified atom stereocenters. The molecule has 15 heavy (non-hydrogen) atoms. The monoisotopic (exact) mass is 226 g/mol. The minimum atomic E-state index is -2.55. The Hall–Kier alpha value is -0.830. The first-order valence-corrected chi connectivity index (χ1v) is 7.06. The highest BCUT2D eigenvalue weighted by molar-refractivity contribution is 7.91. The van der Waals surface area contributed by atoms with E-state index >= 15 is 0 Å². The van der Waals surface area contributed by atoms with Crippen LogP contribution in [0.2, 0.25) is 0 Å². The molecular formula is C12H18O2S. The quantitative estimate of drug-likeness (QED) is 0.681. The van der Waals surface area contributed by atoms with Gasteiger partial charge in [0.25, 0.3) is 0 Å². The topological polar surface area (TPSA) is 34.1 Å². The Balaban J connectivity index is 0.000000151. The third kappa shape index (κ3) is 4.47. The van der Waals surface area contributed by atoms with Gasteiger partial charge in [-0.15, -0.1) is 0 Å². The molecule has 0 N–H and O–H groups in total. The van der Waals surface area contributed by atoms with E-state index in [4.69, 9.17) is 0 Å². The molecule has 2 rings (SSSR count). The van der Waals surface area contributed by atoms with Gasteiger partial charge in [0.2, 0.25) is 0 Å². The fourth-order valence-corrected chi connectivity index (χ4v) is 2.90. The summed E-state index contributed by atoms with van der Waals surface area (Å²) in [4.78, 5) is 0. The van der Waals surface area contributed by atoms with Crippen molar-refractivity contribution in [3.05, 3.63) is 35.4 Å². The van der Waals surface area contributed by atoms with Crippen molar-refractivity contribution >= 4 is 9.84 Å². The zero-order valence-electron chi connectivity index (χ0n) is 9.36. The van der Waals surface area contributed by atoms with Gasteiger partial charge in [-0.25, -0.2) is 8.42 Å². The maximum atomic E-state index is 10.4. The highest BCUT2D eigenvalue weighted by Crippen LogP contribution is 2.08. The predicted octanol–water partition coefficient (Wildman–Crippen LogP) is 2.50. The van der Waals surface area contributed by atoms with Crippen LogP contribution in [-0.2, 0) is 9.84 Å². The molecule has 3 heteroatoms. The number of rotatable bonds is 0. The molecule has 2 nitrogen and oxygen atoms in total. The van der Waals surface area contributed by atoms with Crippen LogP contribution >= 0.6 is 0 Å². The van der Waals surface area contributed by atoms with E-state index in [2.05, 4.69) is 38.1 Å². The first-order valence-electron chi connectivity index (χ1n) is 5.24. The second-order valence-corrected chi connectivity index (χ2v) is 6.25. The van der Waals surface area contributed by atoms with Crippen molar-refractivity contribution in [1.82, 2.24) is 0 Å². The lowest BCUT2D eigenvalue weighted by molar-refractivity contribution is 0.602. The molecule has 1 saturated heterocycles. The van der Waals surface area contributed by atoms with Crippen LogP contribution < -0.4 is 0 Å². The molecule has 84 valence electrons. The lowest BCUT2D eigenvalue weighted by Gasteiger charge is -1.93. The zero-order chi connectivity index (χ0) is 11.3. The predicted molar refractivity (Wildman–Crippen MR) is 63.8 cm³/mol. The van der Waals surface area contributed by atoms with Gasteiger partial charge in [0.1, 0.15) is 9.84 Å². The molecule has 1 aromatic rings. The van der Waals surface area contributed by atoms with Crippen molar-refractivity contribution in [3.8, 4) is 0 Å². The lowest BCUT2D eigenvalue weighted by Crippen LogP contribution is -1.98. The van der Waals surface area contributed by atoms with E-state index in [1.54, 1.807) is 0 Å². The van der Waals surface area contributed by atoms with Crippen molar-refractivity contribution in [3.63, 3.8) is 0 Å². The summed E-state index contributed by atoms with van der Waals surface area (Å²) in [6, 6.07) is 8.36. The van der Waals surface area contributed by atoms with Crippen LogP contribution in [0, 0.1) is 13.8 Å². The van der Waals surface area contributed by atoms with Crippen LogP contribution in [0.1, 0.15) is 24.0 Å². The number of hydrogen-bond donors (Lipinski definition) is 0. The first-order chi connectivity index (χ1) is 7.01. The van der Waals surface area contributed by atoms with Crippen LogP contribution in [0.25, 0.3) is 0 Å². The number of aryl methyl sites for hydroxylation is 2. The highest BCUT2D eigenvalue weighted by Gasteiger charge is 2.16. The Morgan fingerprint density at radius 1 is 0.933 bits per heavy atom. The summed E-state index contributed by atoms with van der Waals surface area (Å²) in [7, 11) is -2.55. The summed E-state index contributed by atoms with van der Waals surface area (Å²) in [5.74, 6) is 0.847. The van der Waals surface area contributed by atoms with Crippen LogP contribution in [0.5, 0.6) is 0 Å². The molecule has 1 aliphatic rings. The standard InChI is InChI=1S/C8H10.C4H8O2S/c1-7-5-3-4-6-8(7)2;5-7(6)3-1-2-4-7/h3-6H,1-2H3;1-4H2. The Labute approximate surface area is 92.2 Å². The Bertz CT molecular complexity index is 374. The maximum Gasteiger partial charge on any atom is 0.150 e. The third-order valence-electron chi connectivity index (χ3n) is 2.59. The summed E-state index contributed by atoms with van der Waals surface area (Å²) in [5.41, 5.74) is 2.74. The molecule has 0 spiro atoms. The summed E-state index contributed by atoms with van der Waals surface area (Å²) in [6.07, 6.45) is 1.75. The molecule has 0 aromatic heterocycles. The van der Waals surface area contributed by atoms with Crippen LogP contribution in [0.15, 0.2) is 24.3 Å². The molecule has 0 atom stereocenters. The maximum absolute atomic E-state index is 10.4. The van der Waals surface area contributed by atoms with Gasteiger partial charge in [0, 0.05) is 0 Å². The molecule has 1 heterocycles. The van der Waals surface area contributed by atoms with Crippen molar-refractivity contribution in [2.75, 3.05) is 11.5 Å². The van der Waals surface area contributed by atoms with Gasteiger partial charge < -0.3 is 0 Å². The van der Waals surface area contributed by atoms with Crippen LogP contribution in [0.4, 0.5) is 0 Å². The number of hydrogen-bond acceptors (Lipinski definition) is 2. The molecular weight excluding hydrogens is 208 g/mol. The molecule has 1 aromatic carbocycles. The normalized spacial score (nSPS) is 18.0. The number of benzene rings is 1. The summed E-state index contributed by atoms with van der Waals surface area (Å²) < 4.78 is 20.9. The van der Waals surface area contributed by atoms with Gasteiger partial charge in [0.05, 0.1) is 11.5 Å². The second-order valence-electron chi connectivity index (χ2n) is 3.94. The molecule has 0 saturated carbocycles. The van der Waals surface area contributed by atoms with Crippen molar-refractivity contribution in [2.45, 2.75) is 26.7 Å². The van der Waals surface area contributed by atoms with Crippen molar-refractivity contribution in [1.29, 1.82) is 0 Å². The van der Waals surface area contributed by atoms with Gasteiger partial charge >= 0.3 is 0 Å². The van der Waals surface area contributed by atoms with Crippen molar-refractivity contribution in [2.24, 2.45) is 0 Å². The van der Waals surface area contributed by atoms with E-state index in [1.165, 1.54) is 11.1 Å². The summed E-state index contributed by atoms with van der Waals surface area (Å²) >= 11 is 0. The van der Waals surface area contributed by atoms with Crippen LogP contribution in [-0.4, -0.2) is 19.9 Å². The average Bonchev–Trinajstić information content (AvgIpc) is 2.57. The Morgan fingerprint density at radius 3 is 1.53 bits per heavy atom. The molecule has 0 aliphatic carbocycles. The number of sulfone groups is 1. The van der Waals surface area contributed by atoms with E-state index in [-0.39, 0.29) is 0 Å². The van der Waals surface area contributed by atoms with Crippen LogP contribution in [0.3, 0.4) is 0 Å². The Morgan fingerprint density at radius 2 is 1.33 bits per heavy atom. The van der Waals surface area contributed by atoms with Gasteiger partial charge in [0.15, 0.2) is 0 Å². The summed E-state index contributed by atoms with van der Waals surface area (Å²) in [6.45, 7) is 4.24. The van der Waals surface area contributed by atoms with Crippen molar-refractivity contribution < 1.29 is 8.42 Å². The Kier molecular flexibility index (Phi) is 4.33. The molecule has 0 bridgehead atoms. The highest BCUT2D eigenvalue weighted by atomic mass is 32.2. The summed E-state index contributed by atoms with van der Waals surface area (Å²) in [5, 5.41) is 0. The van der Waals surface area contributed by atoms with Gasteiger partial charge in [-0.2, -0.15) is 0 Å². The molecule has 1 fully saturated rings. The van der Waals surface area contributed by atoms with E-state index in [1.807, 2.05) is 0 Å². The lowest BCUT2D eigenvalue weighted by atomic mass is 10.1. The van der Waals surface area contributed by atoms with Gasteiger partial charge in [-0.1, -0.05) is 24.3 Å². The molecule has 0 amide bonds. The minimum Gasteiger partial charge on any atom is -0.229 e. The van der Waals surface area contributed by atoms with E-state index in [9.17, 15) is 8.42 Å². The van der Waals surface area contributed by atoms with E-state index in [0.717, 1.165) is 12.8 Å². The second kappa shape index (κ2) is 5.31. The van der Waals surface area contributed by atoms with Gasteiger partial charge in [-0.05, 0) is 37.8 Å². The SMILES string of the molecule is Cc1ccccc1C.O=S1(=O)CCCC1. The largest absolute Gasteiger partial charge is 0.229 e. The minimum absolute atomic E-state index is 0.424. The first kappa shape index (κ1) is 12.2.